The highest BCUT2D eigenvalue weighted by atomic mass is 32.1. The topological polar surface area (TPSA) is 63.8 Å². The van der Waals surface area contributed by atoms with E-state index in [2.05, 4.69) is 28.3 Å². The third-order valence-electron chi connectivity index (χ3n) is 6.23. The van der Waals surface area contributed by atoms with Crippen molar-refractivity contribution in [2.75, 3.05) is 0 Å². The fourth-order valence-corrected chi connectivity index (χ4v) is 5.39. The van der Waals surface area contributed by atoms with Gasteiger partial charge in [0.05, 0.1) is 11.8 Å². The Balaban J connectivity index is 1.48. The fourth-order valence-electron chi connectivity index (χ4n) is 4.24. The zero-order chi connectivity index (χ0) is 18.8. The first kappa shape index (κ1) is 16.6. The van der Waals surface area contributed by atoms with E-state index in [0.717, 1.165) is 44.8 Å². The molecule has 0 radical (unpaired) electrons. The fraction of sp³-hybridized carbons (Fsp3) is 0.409. The van der Waals surface area contributed by atoms with Crippen LogP contribution in [0.4, 0.5) is 0 Å². The molecule has 0 unspecified atom stereocenters. The molecule has 0 aliphatic heterocycles. The second-order valence-corrected chi connectivity index (χ2v) is 9.38. The maximum atomic E-state index is 10.8. The summed E-state index contributed by atoms with van der Waals surface area (Å²) in [5, 5.41) is 17.4. The molecule has 4 aromatic heterocycles. The van der Waals surface area contributed by atoms with Gasteiger partial charge in [-0.25, -0.2) is 9.97 Å². The molecule has 142 valence electrons. The predicted molar refractivity (Wildman–Crippen MR) is 111 cm³/mol. The number of aliphatic hydroxyl groups is 1. The summed E-state index contributed by atoms with van der Waals surface area (Å²) in [4.78, 5) is 11.6. The van der Waals surface area contributed by atoms with Gasteiger partial charge in [0.1, 0.15) is 4.83 Å². The number of aryl methyl sites for hydroxylation is 1. The standard InChI is InChI=1S/C22H22N4OS/c1-26-11-15-7-14(10-23-21(15)25-26)18-8-16(12-5-6-12)17-9-19(28-22(17)24-18)20(27)13-3-2-4-13/h7-13,20,27H,2-6H2,1H3/t20-/m0/s1. The molecule has 2 aliphatic rings. The van der Waals surface area contributed by atoms with Gasteiger partial charge in [-0.1, -0.05) is 6.42 Å². The van der Waals surface area contributed by atoms with Crippen LogP contribution in [0.5, 0.6) is 0 Å². The van der Waals surface area contributed by atoms with Crippen LogP contribution in [0, 0.1) is 5.92 Å². The Hall–Kier alpha value is -2.31. The van der Waals surface area contributed by atoms with Crippen molar-refractivity contribution in [2.24, 2.45) is 13.0 Å². The smallest absolute Gasteiger partial charge is 0.181 e. The number of thiophene rings is 1. The Morgan fingerprint density at radius 1 is 1.18 bits per heavy atom. The van der Waals surface area contributed by atoms with Gasteiger partial charge in [0, 0.05) is 40.7 Å². The molecule has 4 heterocycles. The number of hydrogen-bond acceptors (Lipinski definition) is 5. The Morgan fingerprint density at radius 3 is 2.79 bits per heavy atom. The summed E-state index contributed by atoms with van der Waals surface area (Å²) in [5.41, 5.74) is 4.14. The van der Waals surface area contributed by atoms with Crippen molar-refractivity contribution in [1.29, 1.82) is 0 Å². The van der Waals surface area contributed by atoms with E-state index in [4.69, 9.17) is 4.98 Å². The zero-order valence-electron chi connectivity index (χ0n) is 15.8. The summed E-state index contributed by atoms with van der Waals surface area (Å²) in [5.74, 6) is 1.05. The highest BCUT2D eigenvalue weighted by Crippen LogP contribution is 2.47. The number of rotatable bonds is 4. The molecule has 0 saturated heterocycles. The molecule has 1 atom stereocenters. The van der Waals surface area contributed by atoms with Gasteiger partial charge >= 0.3 is 0 Å². The minimum Gasteiger partial charge on any atom is -0.387 e. The molecule has 0 amide bonds. The van der Waals surface area contributed by atoms with Gasteiger partial charge < -0.3 is 5.11 Å². The summed E-state index contributed by atoms with van der Waals surface area (Å²) in [6.45, 7) is 0. The van der Waals surface area contributed by atoms with Gasteiger partial charge in [-0.05, 0) is 61.3 Å². The summed E-state index contributed by atoms with van der Waals surface area (Å²) >= 11 is 1.66. The number of aromatic nitrogens is 4. The maximum Gasteiger partial charge on any atom is 0.181 e. The second kappa shape index (κ2) is 6.09. The molecule has 0 aromatic carbocycles. The number of nitrogens with zero attached hydrogens (tertiary/aromatic N) is 4. The van der Waals surface area contributed by atoms with Crippen molar-refractivity contribution < 1.29 is 5.11 Å². The predicted octanol–water partition coefficient (Wildman–Crippen LogP) is 4.96. The molecular weight excluding hydrogens is 368 g/mol. The first-order chi connectivity index (χ1) is 13.7. The van der Waals surface area contributed by atoms with E-state index in [9.17, 15) is 5.11 Å². The van der Waals surface area contributed by atoms with Crippen LogP contribution in [0.1, 0.15) is 54.6 Å². The third kappa shape index (κ3) is 2.66. The van der Waals surface area contributed by atoms with E-state index < -0.39 is 0 Å². The van der Waals surface area contributed by atoms with E-state index >= 15 is 0 Å². The maximum absolute atomic E-state index is 10.8. The van der Waals surface area contributed by atoms with Gasteiger partial charge in [0.2, 0.25) is 0 Å². The lowest BCUT2D eigenvalue weighted by atomic mass is 9.80. The first-order valence-corrected chi connectivity index (χ1v) is 10.9. The molecule has 6 rings (SSSR count). The largest absolute Gasteiger partial charge is 0.387 e. The monoisotopic (exact) mass is 390 g/mol. The van der Waals surface area contributed by atoms with Crippen LogP contribution in [0.15, 0.2) is 30.6 Å². The molecule has 0 spiro atoms. The molecule has 2 aliphatic carbocycles. The molecular formula is C22H22N4OS. The molecule has 2 saturated carbocycles. The molecule has 0 bridgehead atoms. The van der Waals surface area contributed by atoms with Gasteiger partial charge in [0.15, 0.2) is 5.65 Å². The van der Waals surface area contributed by atoms with Gasteiger partial charge in [-0.2, -0.15) is 5.10 Å². The summed E-state index contributed by atoms with van der Waals surface area (Å²) in [7, 11) is 1.91. The molecule has 1 N–H and O–H groups in total. The highest BCUT2D eigenvalue weighted by Gasteiger charge is 2.31. The van der Waals surface area contributed by atoms with Crippen LogP contribution in [-0.2, 0) is 7.05 Å². The van der Waals surface area contributed by atoms with Crippen molar-refractivity contribution in [1.82, 2.24) is 19.7 Å². The lowest BCUT2D eigenvalue weighted by molar-refractivity contribution is 0.0650. The normalized spacial score (nSPS) is 18.6. The quantitative estimate of drug-likeness (QED) is 0.535. The van der Waals surface area contributed by atoms with Crippen LogP contribution in [0.3, 0.4) is 0 Å². The van der Waals surface area contributed by atoms with Crippen LogP contribution >= 0.6 is 11.3 Å². The van der Waals surface area contributed by atoms with E-state index in [1.165, 1.54) is 30.2 Å². The Labute approximate surface area is 167 Å². The molecule has 2 fully saturated rings. The molecule has 5 nitrogen and oxygen atoms in total. The average Bonchev–Trinajstić information content (AvgIpc) is 3.27. The van der Waals surface area contributed by atoms with Crippen LogP contribution in [-0.4, -0.2) is 24.9 Å². The van der Waals surface area contributed by atoms with Crippen molar-refractivity contribution in [3.8, 4) is 11.3 Å². The Bertz CT molecular complexity index is 1200. The molecule has 6 heteroatoms. The van der Waals surface area contributed by atoms with E-state index in [-0.39, 0.29) is 6.10 Å². The summed E-state index contributed by atoms with van der Waals surface area (Å²) in [6, 6.07) is 6.57. The Kier molecular flexibility index (Phi) is 3.62. The molecule has 28 heavy (non-hydrogen) atoms. The van der Waals surface area contributed by atoms with Gasteiger partial charge in [-0.3, -0.25) is 4.68 Å². The number of pyridine rings is 2. The molecule has 4 aromatic rings. The minimum atomic E-state index is -0.336. The zero-order valence-corrected chi connectivity index (χ0v) is 16.6. The number of fused-ring (bicyclic) bond motifs is 2. The van der Waals surface area contributed by atoms with Crippen LogP contribution in [0.25, 0.3) is 32.5 Å². The van der Waals surface area contributed by atoms with Crippen LogP contribution in [0.2, 0.25) is 0 Å². The summed E-state index contributed by atoms with van der Waals surface area (Å²) in [6.07, 6.45) is 9.54. The van der Waals surface area contributed by atoms with E-state index in [1.807, 2.05) is 19.4 Å². The van der Waals surface area contributed by atoms with Gasteiger partial charge in [-0.15, -0.1) is 11.3 Å². The van der Waals surface area contributed by atoms with Crippen molar-refractivity contribution in [3.05, 3.63) is 41.0 Å². The lowest BCUT2D eigenvalue weighted by Gasteiger charge is -2.29. The second-order valence-electron chi connectivity index (χ2n) is 8.31. The van der Waals surface area contributed by atoms with Crippen molar-refractivity contribution >= 4 is 32.6 Å². The number of hydrogen-bond donors (Lipinski definition) is 1. The SMILES string of the molecule is Cn1cc2cc(-c3cc(C4CC4)c4cc([C@@H](O)C5CCC5)sc4n3)cnc2n1. The van der Waals surface area contributed by atoms with Gasteiger partial charge in [0.25, 0.3) is 0 Å². The lowest BCUT2D eigenvalue weighted by Crippen LogP contribution is -2.19. The summed E-state index contributed by atoms with van der Waals surface area (Å²) < 4.78 is 1.79. The minimum absolute atomic E-state index is 0.336. The van der Waals surface area contributed by atoms with E-state index in [1.54, 1.807) is 16.0 Å². The number of aliphatic hydroxyl groups excluding tert-OH is 1. The van der Waals surface area contributed by atoms with Crippen LogP contribution < -0.4 is 0 Å². The van der Waals surface area contributed by atoms with Crippen molar-refractivity contribution in [2.45, 2.75) is 44.1 Å². The highest BCUT2D eigenvalue weighted by molar-refractivity contribution is 7.18. The Morgan fingerprint density at radius 2 is 2.04 bits per heavy atom. The first-order valence-electron chi connectivity index (χ1n) is 10.1. The van der Waals surface area contributed by atoms with E-state index in [0.29, 0.717) is 11.8 Å². The average molecular weight is 391 g/mol. The van der Waals surface area contributed by atoms with Crippen molar-refractivity contribution in [3.63, 3.8) is 0 Å². The third-order valence-corrected chi connectivity index (χ3v) is 7.33.